The molecule has 0 aliphatic carbocycles. The molecule has 0 N–H and O–H groups in total. The van der Waals surface area contributed by atoms with Gasteiger partial charge in [0.15, 0.2) is 0 Å². The van der Waals surface area contributed by atoms with E-state index in [1.807, 2.05) is 21.7 Å². The van der Waals surface area contributed by atoms with Gasteiger partial charge in [-0.15, -0.1) is 11.6 Å². The van der Waals surface area contributed by atoms with Crippen LogP contribution in [0.1, 0.15) is 16.8 Å². The molecule has 2 nitrogen and oxygen atoms in total. The number of alkyl halides is 1. The molecule has 1 unspecified atom stereocenters. The largest absolute Gasteiger partial charge is 0.338 e. The van der Waals surface area contributed by atoms with Crippen LogP contribution in [-0.4, -0.2) is 29.8 Å². The minimum Gasteiger partial charge on any atom is -0.338 e. The van der Waals surface area contributed by atoms with Gasteiger partial charge in [-0.1, -0.05) is 0 Å². The number of likely N-dealkylation sites (tertiary alicyclic amines) is 1. The molecule has 14 heavy (non-hydrogen) atoms. The van der Waals surface area contributed by atoms with Crippen molar-refractivity contribution in [1.29, 1.82) is 0 Å². The van der Waals surface area contributed by atoms with Crippen LogP contribution in [0.3, 0.4) is 0 Å². The average molecular weight is 230 g/mol. The van der Waals surface area contributed by atoms with E-state index in [-0.39, 0.29) is 5.91 Å². The summed E-state index contributed by atoms with van der Waals surface area (Å²) in [7, 11) is 0. The second-order valence-electron chi connectivity index (χ2n) is 3.57. The number of hydrogen-bond acceptors (Lipinski definition) is 2. The summed E-state index contributed by atoms with van der Waals surface area (Å²) >= 11 is 7.33. The van der Waals surface area contributed by atoms with E-state index in [9.17, 15) is 4.79 Å². The summed E-state index contributed by atoms with van der Waals surface area (Å²) in [4.78, 5) is 13.8. The molecule has 1 aliphatic rings. The zero-order chi connectivity index (χ0) is 9.97. The predicted molar refractivity (Wildman–Crippen MR) is 59.0 cm³/mol. The van der Waals surface area contributed by atoms with E-state index in [0.717, 1.165) is 25.1 Å². The number of rotatable bonds is 2. The van der Waals surface area contributed by atoms with Crippen molar-refractivity contribution in [3.8, 4) is 0 Å². The van der Waals surface area contributed by atoms with Crippen molar-refractivity contribution >= 4 is 28.8 Å². The molecule has 1 fully saturated rings. The Hall–Kier alpha value is -0.540. The molecule has 2 heterocycles. The van der Waals surface area contributed by atoms with E-state index in [0.29, 0.717) is 11.8 Å². The normalized spacial score (nSPS) is 21.5. The molecule has 1 aromatic heterocycles. The highest BCUT2D eigenvalue weighted by atomic mass is 35.5. The van der Waals surface area contributed by atoms with Gasteiger partial charge >= 0.3 is 0 Å². The van der Waals surface area contributed by atoms with Crippen LogP contribution >= 0.6 is 22.9 Å². The van der Waals surface area contributed by atoms with E-state index in [1.54, 1.807) is 11.3 Å². The lowest BCUT2D eigenvalue weighted by atomic mass is 10.2. The third-order valence-electron chi connectivity index (χ3n) is 2.56. The van der Waals surface area contributed by atoms with Crippen LogP contribution in [0.4, 0.5) is 0 Å². The molecule has 2 rings (SSSR count). The number of carbonyl (C=O) groups excluding carboxylic acids is 1. The Balaban J connectivity index is 2.00. The molecular formula is C10H12ClNOS. The molecular weight excluding hydrogens is 218 g/mol. The number of hydrogen-bond donors (Lipinski definition) is 0. The Kier molecular flexibility index (Phi) is 3.08. The Labute approximate surface area is 92.5 Å². The Morgan fingerprint density at radius 1 is 1.71 bits per heavy atom. The molecule has 1 saturated heterocycles. The molecule has 0 radical (unpaired) electrons. The zero-order valence-electron chi connectivity index (χ0n) is 7.78. The smallest absolute Gasteiger partial charge is 0.254 e. The summed E-state index contributed by atoms with van der Waals surface area (Å²) in [5.74, 6) is 1.30. The van der Waals surface area contributed by atoms with Crippen molar-refractivity contribution in [2.75, 3.05) is 19.0 Å². The molecule has 4 heteroatoms. The number of carbonyl (C=O) groups is 1. The zero-order valence-corrected chi connectivity index (χ0v) is 9.35. The SMILES string of the molecule is O=C(c1ccsc1)N1CCC(CCl)C1. The van der Waals surface area contributed by atoms with Gasteiger partial charge in [0.1, 0.15) is 0 Å². The van der Waals surface area contributed by atoms with Crippen molar-refractivity contribution in [2.24, 2.45) is 5.92 Å². The molecule has 0 spiro atoms. The number of halogens is 1. The van der Waals surface area contributed by atoms with Crippen molar-refractivity contribution in [3.63, 3.8) is 0 Å². The molecule has 76 valence electrons. The third kappa shape index (κ3) is 1.93. The van der Waals surface area contributed by atoms with Crippen molar-refractivity contribution < 1.29 is 4.79 Å². The van der Waals surface area contributed by atoms with Crippen LogP contribution in [0.2, 0.25) is 0 Å². The van der Waals surface area contributed by atoms with Gasteiger partial charge in [0.25, 0.3) is 5.91 Å². The highest BCUT2D eigenvalue weighted by Crippen LogP contribution is 2.20. The first-order valence-electron chi connectivity index (χ1n) is 4.68. The molecule has 0 bridgehead atoms. The van der Waals surface area contributed by atoms with Crippen LogP contribution in [0, 0.1) is 5.92 Å². The Morgan fingerprint density at radius 2 is 2.57 bits per heavy atom. The average Bonchev–Trinajstić information content (AvgIpc) is 2.88. The predicted octanol–water partition coefficient (Wildman–Crippen LogP) is 2.45. The Bertz CT molecular complexity index is 312. The van der Waals surface area contributed by atoms with Gasteiger partial charge in [-0.25, -0.2) is 0 Å². The van der Waals surface area contributed by atoms with Gasteiger partial charge in [-0.05, 0) is 23.8 Å². The maximum Gasteiger partial charge on any atom is 0.254 e. The molecule has 0 saturated carbocycles. The molecule has 1 aromatic rings. The summed E-state index contributed by atoms with van der Waals surface area (Å²) < 4.78 is 0. The van der Waals surface area contributed by atoms with Gasteiger partial charge in [0.05, 0.1) is 5.56 Å². The second kappa shape index (κ2) is 4.32. The summed E-state index contributed by atoms with van der Waals surface area (Å²) in [6.07, 6.45) is 1.04. The van der Waals surface area contributed by atoms with Crippen molar-refractivity contribution in [3.05, 3.63) is 22.4 Å². The minimum atomic E-state index is 0.152. The van der Waals surface area contributed by atoms with Crippen LogP contribution in [-0.2, 0) is 0 Å². The van der Waals surface area contributed by atoms with Crippen LogP contribution in [0.25, 0.3) is 0 Å². The number of amides is 1. The monoisotopic (exact) mass is 229 g/mol. The van der Waals surface area contributed by atoms with E-state index >= 15 is 0 Å². The quantitative estimate of drug-likeness (QED) is 0.714. The lowest BCUT2D eigenvalue weighted by Gasteiger charge is -2.14. The number of thiophene rings is 1. The molecule has 1 atom stereocenters. The molecule has 1 amide bonds. The lowest BCUT2D eigenvalue weighted by Crippen LogP contribution is -2.28. The second-order valence-corrected chi connectivity index (χ2v) is 4.66. The Morgan fingerprint density at radius 3 is 3.14 bits per heavy atom. The highest BCUT2D eigenvalue weighted by molar-refractivity contribution is 7.08. The topological polar surface area (TPSA) is 20.3 Å². The fourth-order valence-electron chi connectivity index (χ4n) is 1.71. The lowest BCUT2D eigenvalue weighted by molar-refractivity contribution is 0.0789. The van der Waals surface area contributed by atoms with Gasteiger partial charge in [0.2, 0.25) is 0 Å². The fraction of sp³-hybridized carbons (Fsp3) is 0.500. The summed E-state index contributed by atoms with van der Waals surface area (Å²) in [5.41, 5.74) is 0.810. The van der Waals surface area contributed by atoms with Crippen molar-refractivity contribution in [1.82, 2.24) is 4.90 Å². The standard InChI is InChI=1S/C10H12ClNOS/c11-5-8-1-3-12(6-8)10(13)9-2-4-14-7-9/h2,4,7-8H,1,3,5-6H2. The van der Waals surface area contributed by atoms with E-state index in [2.05, 4.69) is 0 Å². The van der Waals surface area contributed by atoms with Crippen molar-refractivity contribution in [2.45, 2.75) is 6.42 Å². The van der Waals surface area contributed by atoms with E-state index < -0.39 is 0 Å². The summed E-state index contributed by atoms with van der Waals surface area (Å²) in [6.45, 7) is 1.67. The number of nitrogens with zero attached hydrogens (tertiary/aromatic N) is 1. The third-order valence-corrected chi connectivity index (χ3v) is 3.68. The first-order valence-corrected chi connectivity index (χ1v) is 6.16. The van der Waals surface area contributed by atoms with Gasteiger partial charge in [-0.3, -0.25) is 4.79 Å². The maximum atomic E-state index is 11.9. The fourth-order valence-corrected chi connectivity index (χ4v) is 2.59. The van der Waals surface area contributed by atoms with E-state index in [1.165, 1.54) is 0 Å². The summed E-state index contributed by atoms with van der Waals surface area (Å²) in [6, 6.07) is 1.88. The molecule has 1 aliphatic heterocycles. The first-order chi connectivity index (χ1) is 6.81. The van der Waals surface area contributed by atoms with Gasteiger partial charge in [0, 0.05) is 24.3 Å². The van der Waals surface area contributed by atoms with Gasteiger partial charge in [-0.2, -0.15) is 11.3 Å². The van der Waals surface area contributed by atoms with Gasteiger partial charge < -0.3 is 4.90 Å². The minimum absolute atomic E-state index is 0.152. The summed E-state index contributed by atoms with van der Waals surface area (Å²) in [5, 5.41) is 3.83. The molecule has 0 aromatic carbocycles. The highest BCUT2D eigenvalue weighted by Gasteiger charge is 2.26. The maximum absolute atomic E-state index is 11.9. The van der Waals surface area contributed by atoms with E-state index in [4.69, 9.17) is 11.6 Å². The van der Waals surface area contributed by atoms with Crippen LogP contribution < -0.4 is 0 Å². The first kappa shape index (κ1) is 9.99. The van der Waals surface area contributed by atoms with Crippen LogP contribution in [0.15, 0.2) is 16.8 Å². The van der Waals surface area contributed by atoms with Crippen LogP contribution in [0.5, 0.6) is 0 Å².